The maximum absolute atomic E-state index is 13.8. The largest absolute Gasteiger partial charge is 0.360 e. The predicted molar refractivity (Wildman–Crippen MR) is 96.6 cm³/mol. The number of nitrogens with zero attached hydrogens (tertiary/aromatic N) is 1. The molecule has 0 unspecified atom stereocenters. The van der Waals surface area contributed by atoms with Gasteiger partial charge in [-0.3, -0.25) is 0 Å². The number of nitriles is 1. The van der Waals surface area contributed by atoms with E-state index >= 15 is 0 Å². The summed E-state index contributed by atoms with van der Waals surface area (Å²) in [6, 6.07) is 14.0. The Bertz CT molecular complexity index is 930. The summed E-state index contributed by atoms with van der Waals surface area (Å²) < 4.78 is 16.8. The molecule has 0 fully saturated rings. The number of halogens is 2. The third-order valence-electron chi connectivity index (χ3n) is 3.45. The first-order valence-electron chi connectivity index (χ1n) is 7.14. The van der Waals surface area contributed by atoms with Gasteiger partial charge in [0.05, 0.1) is 22.3 Å². The summed E-state index contributed by atoms with van der Waals surface area (Å²) in [5.41, 5.74) is 3.53. The molecule has 2 aromatic carbocycles. The second-order valence-electron chi connectivity index (χ2n) is 5.24. The van der Waals surface area contributed by atoms with Crippen molar-refractivity contribution in [1.29, 1.82) is 5.26 Å². The fraction of sp³-hybridized carbons (Fsp3) is 0.0556. The Hall–Kier alpha value is -2.42. The molecule has 0 saturated carbocycles. The van der Waals surface area contributed by atoms with Crippen LogP contribution < -0.4 is 4.72 Å². The maximum atomic E-state index is 13.8. The number of H-pyrrole nitrogens is 1. The zero-order valence-electron chi connectivity index (χ0n) is 12.7. The van der Waals surface area contributed by atoms with Crippen molar-refractivity contribution in [2.75, 3.05) is 4.72 Å². The standard InChI is InChI=1S/C18H13ClFN3S/c1-11-2-4-14(15(19)6-11)18-8-13(10-22-18)24-23-17-5-3-12(9-21)7-16(17)20/h2-8,10,22-23H,1H3. The highest BCUT2D eigenvalue weighted by Crippen LogP contribution is 2.31. The molecule has 24 heavy (non-hydrogen) atoms. The van der Waals surface area contributed by atoms with Crippen LogP contribution in [0.4, 0.5) is 10.1 Å². The molecule has 0 spiro atoms. The molecule has 0 aliphatic heterocycles. The number of anilines is 1. The Labute approximate surface area is 148 Å². The Morgan fingerprint density at radius 2 is 2.04 bits per heavy atom. The number of rotatable bonds is 4. The van der Waals surface area contributed by atoms with Crippen molar-refractivity contribution < 1.29 is 4.39 Å². The van der Waals surface area contributed by atoms with Gasteiger partial charge in [0.1, 0.15) is 5.82 Å². The van der Waals surface area contributed by atoms with Gasteiger partial charge < -0.3 is 9.71 Å². The molecule has 0 bridgehead atoms. The highest BCUT2D eigenvalue weighted by molar-refractivity contribution is 8.00. The number of aromatic nitrogens is 1. The molecule has 1 aromatic heterocycles. The topological polar surface area (TPSA) is 51.6 Å². The zero-order chi connectivity index (χ0) is 17.1. The van der Waals surface area contributed by atoms with Crippen molar-refractivity contribution in [3.05, 3.63) is 70.6 Å². The van der Waals surface area contributed by atoms with E-state index in [1.165, 1.54) is 18.0 Å². The summed E-state index contributed by atoms with van der Waals surface area (Å²) in [6.45, 7) is 1.99. The number of hydrogen-bond donors (Lipinski definition) is 2. The molecule has 0 atom stereocenters. The predicted octanol–water partition coefficient (Wildman–Crippen LogP) is 5.77. The lowest BCUT2D eigenvalue weighted by atomic mass is 10.1. The summed E-state index contributed by atoms with van der Waals surface area (Å²) in [4.78, 5) is 4.06. The Morgan fingerprint density at radius 3 is 2.75 bits per heavy atom. The normalized spacial score (nSPS) is 10.4. The van der Waals surface area contributed by atoms with E-state index < -0.39 is 5.82 Å². The Morgan fingerprint density at radius 1 is 1.21 bits per heavy atom. The minimum atomic E-state index is -0.459. The van der Waals surface area contributed by atoms with Crippen LogP contribution in [0.25, 0.3) is 11.3 Å². The van der Waals surface area contributed by atoms with Crippen LogP contribution >= 0.6 is 23.5 Å². The second kappa shape index (κ2) is 7.00. The molecule has 0 aliphatic carbocycles. The van der Waals surface area contributed by atoms with Gasteiger partial charge in [0.15, 0.2) is 0 Å². The molecule has 1 heterocycles. The molecule has 0 aliphatic rings. The summed E-state index contributed by atoms with van der Waals surface area (Å²) in [7, 11) is 0. The molecular weight excluding hydrogens is 345 g/mol. The van der Waals surface area contributed by atoms with E-state index in [4.69, 9.17) is 16.9 Å². The fourth-order valence-electron chi connectivity index (χ4n) is 2.21. The van der Waals surface area contributed by atoms with Crippen molar-refractivity contribution in [2.45, 2.75) is 11.8 Å². The van der Waals surface area contributed by atoms with E-state index in [0.29, 0.717) is 16.3 Å². The number of aromatic amines is 1. The molecular formula is C18H13ClFN3S. The maximum Gasteiger partial charge on any atom is 0.148 e. The highest BCUT2D eigenvalue weighted by atomic mass is 35.5. The summed E-state index contributed by atoms with van der Waals surface area (Å²) in [5.74, 6) is -0.459. The SMILES string of the molecule is Cc1ccc(-c2cc(SNc3ccc(C#N)cc3F)c[nH]2)c(Cl)c1. The number of nitrogens with one attached hydrogen (secondary N) is 2. The van der Waals surface area contributed by atoms with Gasteiger partial charge in [0.25, 0.3) is 0 Å². The molecule has 3 rings (SSSR count). The van der Waals surface area contributed by atoms with Crippen LogP contribution in [0.15, 0.2) is 53.6 Å². The van der Waals surface area contributed by atoms with Gasteiger partial charge in [-0.25, -0.2) is 4.39 Å². The number of hydrogen-bond acceptors (Lipinski definition) is 3. The van der Waals surface area contributed by atoms with Crippen LogP contribution in [-0.4, -0.2) is 4.98 Å². The molecule has 6 heteroatoms. The van der Waals surface area contributed by atoms with Gasteiger partial charge in [-0.1, -0.05) is 23.7 Å². The third kappa shape index (κ3) is 3.56. The van der Waals surface area contributed by atoms with E-state index in [9.17, 15) is 4.39 Å². The third-order valence-corrected chi connectivity index (χ3v) is 4.55. The van der Waals surface area contributed by atoms with Crippen molar-refractivity contribution in [3.63, 3.8) is 0 Å². The van der Waals surface area contributed by atoms with Crippen molar-refractivity contribution >= 4 is 29.2 Å². The first-order valence-corrected chi connectivity index (χ1v) is 8.34. The highest BCUT2D eigenvalue weighted by Gasteiger charge is 2.08. The van der Waals surface area contributed by atoms with Crippen molar-refractivity contribution in [3.8, 4) is 17.3 Å². The zero-order valence-corrected chi connectivity index (χ0v) is 14.3. The molecule has 120 valence electrons. The lowest BCUT2D eigenvalue weighted by Gasteiger charge is -2.05. The van der Waals surface area contributed by atoms with Gasteiger partial charge in [-0.15, -0.1) is 0 Å². The molecule has 2 N–H and O–H groups in total. The number of aryl methyl sites for hydroxylation is 1. The molecule has 0 saturated heterocycles. The molecule has 0 radical (unpaired) electrons. The van der Waals surface area contributed by atoms with E-state index in [0.717, 1.165) is 21.7 Å². The van der Waals surface area contributed by atoms with E-state index in [2.05, 4.69) is 9.71 Å². The summed E-state index contributed by atoms with van der Waals surface area (Å²) in [6.07, 6.45) is 1.82. The Balaban J connectivity index is 1.74. The minimum absolute atomic E-state index is 0.293. The quantitative estimate of drug-likeness (QED) is 0.582. The van der Waals surface area contributed by atoms with Gasteiger partial charge in [-0.05, 0) is 54.8 Å². The second-order valence-corrected chi connectivity index (χ2v) is 6.53. The average Bonchev–Trinajstić information content (AvgIpc) is 3.02. The van der Waals surface area contributed by atoms with Crippen molar-refractivity contribution in [1.82, 2.24) is 4.98 Å². The Kier molecular flexibility index (Phi) is 4.79. The minimum Gasteiger partial charge on any atom is -0.360 e. The van der Waals surface area contributed by atoms with Gasteiger partial charge in [0.2, 0.25) is 0 Å². The van der Waals surface area contributed by atoms with Crippen LogP contribution in [0.5, 0.6) is 0 Å². The van der Waals surface area contributed by atoms with Gasteiger partial charge >= 0.3 is 0 Å². The van der Waals surface area contributed by atoms with Crippen LogP contribution in [0.3, 0.4) is 0 Å². The van der Waals surface area contributed by atoms with Crippen LogP contribution in [-0.2, 0) is 0 Å². The van der Waals surface area contributed by atoms with E-state index in [1.807, 2.05) is 43.5 Å². The van der Waals surface area contributed by atoms with Crippen molar-refractivity contribution in [2.24, 2.45) is 0 Å². The monoisotopic (exact) mass is 357 g/mol. The first-order chi connectivity index (χ1) is 11.6. The van der Waals surface area contributed by atoms with E-state index in [-0.39, 0.29) is 0 Å². The van der Waals surface area contributed by atoms with Gasteiger partial charge in [0, 0.05) is 22.3 Å². The van der Waals surface area contributed by atoms with Crippen LogP contribution in [0.2, 0.25) is 5.02 Å². The van der Waals surface area contributed by atoms with Gasteiger partial charge in [-0.2, -0.15) is 5.26 Å². The lowest BCUT2D eigenvalue weighted by molar-refractivity contribution is 0.632. The smallest absolute Gasteiger partial charge is 0.148 e. The number of benzene rings is 2. The average molecular weight is 358 g/mol. The summed E-state index contributed by atoms with van der Waals surface area (Å²) >= 11 is 7.56. The van der Waals surface area contributed by atoms with Crippen LogP contribution in [0.1, 0.15) is 11.1 Å². The van der Waals surface area contributed by atoms with E-state index in [1.54, 1.807) is 12.1 Å². The molecule has 3 nitrogen and oxygen atoms in total. The summed E-state index contributed by atoms with van der Waals surface area (Å²) in [5, 5.41) is 9.43. The van der Waals surface area contributed by atoms with Crippen LogP contribution in [0, 0.1) is 24.1 Å². The lowest BCUT2D eigenvalue weighted by Crippen LogP contribution is -1.91. The molecule has 0 amide bonds. The molecule has 3 aromatic rings. The first kappa shape index (κ1) is 16.4. The fourth-order valence-corrected chi connectivity index (χ4v) is 3.23.